The van der Waals surface area contributed by atoms with Crippen molar-refractivity contribution in [2.75, 3.05) is 9.80 Å². The van der Waals surface area contributed by atoms with Gasteiger partial charge in [-0.15, -0.1) is 0 Å². The summed E-state index contributed by atoms with van der Waals surface area (Å²) in [6, 6.07) is 22.8. The van der Waals surface area contributed by atoms with Gasteiger partial charge in [-0.2, -0.15) is 0 Å². The van der Waals surface area contributed by atoms with Crippen molar-refractivity contribution in [3.63, 3.8) is 0 Å². The van der Waals surface area contributed by atoms with E-state index in [1.165, 1.54) is 22.3 Å². The van der Waals surface area contributed by atoms with Gasteiger partial charge in [-0.3, -0.25) is 14.9 Å². The summed E-state index contributed by atoms with van der Waals surface area (Å²) < 4.78 is 0. The molecule has 0 aromatic heterocycles. The second kappa shape index (κ2) is 10.9. The summed E-state index contributed by atoms with van der Waals surface area (Å²) >= 11 is 0. The highest BCUT2D eigenvalue weighted by Crippen LogP contribution is 2.46. The fourth-order valence-electron chi connectivity index (χ4n) is 5.27. The van der Waals surface area contributed by atoms with Crippen LogP contribution in [0.4, 0.5) is 11.4 Å². The van der Waals surface area contributed by atoms with Crippen molar-refractivity contribution < 1.29 is 5.11 Å². The average molecular weight is 494 g/mol. The van der Waals surface area contributed by atoms with Gasteiger partial charge in [0.2, 0.25) is 5.76 Å². The molecule has 3 heteroatoms. The fourth-order valence-corrected chi connectivity index (χ4v) is 5.27. The van der Waals surface area contributed by atoms with Crippen molar-refractivity contribution in [1.82, 2.24) is 0 Å². The predicted molar refractivity (Wildman–Crippen MR) is 157 cm³/mol. The molecule has 4 rings (SSSR count). The summed E-state index contributed by atoms with van der Waals surface area (Å²) in [5.41, 5.74) is 7.93. The molecule has 0 N–H and O–H groups in total. The second-order valence-electron chi connectivity index (χ2n) is 11.2. The van der Waals surface area contributed by atoms with Crippen LogP contribution in [0.5, 0.6) is 0 Å². The standard InChI is InChI=1S/C34H41N2O/c1-22(2)27-16-12-17-28(23(3)4)31(27)35-20-21-36(34(35)33(37)26-14-10-9-11-15-26)32-29(24(5)6)18-13-19-30(32)25(7)8/h9-25H,1-8H3. The molecule has 3 nitrogen and oxygen atoms in total. The fraction of sp³-hybridized carbons (Fsp3) is 0.353. The lowest BCUT2D eigenvalue weighted by atomic mass is 9.91. The molecular formula is C34H41N2O. The Morgan fingerprint density at radius 3 is 1.19 bits per heavy atom. The van der Waals surface area contributed by atoms with E-state index in [-0.39, 0.29) is 5.76 Å². The van der Waals surface area contributed by atoms with E-state index in [0.717, 1.165) is 11.4 Å². The molecule has 1 heterocycles. The Balaban J connectivity index is 2.05. The summed E-state index contributed by atoms with van der Waals surface area (Å²) in [5.74, 6) is 1.96. The molecule has 1 radical (unpaired) electrons. The Kier molecular flexibility index (Phi) is 7.82. The van der Waals surface area contributed by atoms with Crippen molar-refractivity contribution in [1.29, 1.82) is 0 Å². The van der Waals surface area contributed by atoms with Gasteiger partial charge in [0.25, 0.3) is 0 Å². The molecule has 0 fully saturated rings. The molecule has 3 aromatic carbocycles. The number of para-hydroxylation sites is 2. The highest BCUT2D eigenvalue weighted by atomic mass is 16.3. The number of nitrogens with zero attached hydrogens (tertiary/aromatic N) is 2. The summed E-state index contributed by atoms with van der Waals surface area (Å²) in [4.78, 5) is 4.31. The smallest absolute Gasteiger partial charge is 0.227 e. The summed E-state index contributed by atoms with van der Waals surface area (Å²) in [5, 5.41) is 14.4. The maximum atomic E-state index is 14.4. The topological polar surface area (TPSA) is 26.4 Å². The third-order valence-electron chi connectivity index (χ3n) is 7.23. The predicted octanol–water partition coefficient (Wildman–Crippen LogP) is 9.73. The van der Waals surface area contributed by atoms with Crippen molar-refractivity contribution in [2.24, 2.45) is 0 Å². The summed E-state index contributed by atoms with van der Waals surface area (Å²) in [6.07, 6.45) is 4.18. The molecule has 0 aliphatic carbocycles. The van der Waals surface area contributed by atoms with E-state index in [2.05, 4.69) is 114 Å². The number of anilines is 2. The minimum absolute atomic E-state index is 0.0205. The Morgan fingerprint density at radius 2 is 0.865 bits per heavy atom. The van der Waals surface area contributed by atoms with Gasteiger partial charge in [-0.25, -0.2) is 0 Å². The van der Waals surface area contributed by atoms with Gasteiger partial charge in [0.15, 0.2) is 5.82 Å². The first-order valence-corrected chi connectivity index (χ1v) is 13.6. The zero-order chi connectivity index (χ0) is 26.9. The SMILES string of the molecule is CC(C)c1cccc(C(C)C)c1N1C=CN(c2c(C(C)C)cccc2C(C)C)C1=C([O])c1ccccc1. The van der Waals surface area contributed by atoms with Crippen LogP contribution in [-0.2, 0) is 5.11 Å². The Bertz CT molecular complexity index is 1170. The lowest BCUT2D eigenvalue weighted by Crippen LogP contribution is -2.27. The van der Waals surface area contributed by atoms with Gasteiger partial charge in [0.1, 0.15) is 0 Å². The molecule has 0 bridgehead atoms. The first kappa shape index (κ1) is 26.6. The monoisotopic (exact) mass is 493 g/mol. The molecule has 0 saturated heterocycles. The van der Waals surface area contributed by atoms with Crippen molar-refractivity contribution in [3.8, 4) is 0 Å². The van der Waals surface area contributed by atoms with Crippen LogP contribution in [0.3, 0.4) is 0 Å². The summed E-state index contributed by atoms with van der Waals surface area (Å²) in [7, 11) is 0. The van der Waals surface area contributed by atoms with E-state index < -0.39 is 0 Å². The van der Waals surface area contributed by atoms with Gasteiger partial charge in [-0.1, -0.05) is 122 Å². The molecule has 3 aromatic rings. The highest BCUT2D eigenvalue weighted by molar-refractivity contribution is 5.83. The molecule has 37 heavy (non-hydrogen) atoms. The molecule has 0 amide bonds. The van der Waals surface area contributed by atoms with Crippen LogP contribution in [0.1, 0.15) is 107 Å². The van der Waals surface area contributed by atoms with Crippen molar-refractivity contribution in [3.05, 3.63) is 113 Å². The maximum absolute atomic E-state index is 14.4. The lowest BCUT2D eigenvalue weighted by molar-refractivity contribution is 0.383. The van der Waals surface area contributed by atoms with Gasteiger partial charge >= 0.3 is 0 Å². The van der Waals surface area contributed by atoms with Gasteiger partial charge in [0, 0.05) is 18.0 Å². The maximum Gasteiger partial charge on any atom is 0.227 e. The quantitative estimate of drug-likeness (QED) is 0.306. The molecule has 1 aliphatic rings. The second-order valence-corrected chi connectivity index (χ2v) is 11.2. The van der Waals surface area contributed by atoms with Crippen molar-refractivity contribution >= 4 is 17.1 Å². The number of benzene rings is 3. The van der Waals surface area contributed by atoms with E-state index >= 15 is 0 Å². The minimum Gasteiger partial charge on any atom is -0.298 e. The van der Waals surface area contributed by atoms with E-state index in [9.17, 15) is 5.11 Å². The minimum atomic E-state index is 0.0205. The average Bonchev–Trinajstić information content (AvgIpc) is 3.32. The first-order valence-electron chi connectivity index (χ1n) is 13.6. The van der Waals surface area contributed by atoms with Crippen LogP contribution in [0.25, 0.3) is 5.76 Å². The molecule has 1 aliphatic heterocycles. The van der Waals surface area contributed by atoms with E-state index in [0.29, 0.717) is 35.1 Å². The van der Waals surface area contributed by atoms with Crippen LogP contribution >= 0.6 is 0 Å². The molecular weight excluding hydrogens is 452 g/mol. The van der Waals surface area contributed by atoms with E-state index in [1.54, 1.807) is 0 Å². The first-order chi connectivity index (χ1) is 17.6. The largest absolute Gasteiger partial charge is 0.298 e. The van der Waals surface area contributed by atoms with Crippen molar-refractivity contribution in [2.45, 2.75) is 79.1 Å². The Hall–Kier alpha value is -3.46. The van der Waals surface area contributed by atoms with Gasteiger partial charge in [-0.05, 0) is 45.9 Å². The third kappa shape index (κ3) is 5.05. The lowest BCUT2D eigenvalue weighted by Gasteiger charge is -2.33. The number of rotatable bonds is 7. The number of hydrogen-bond acceptors (Lipinski definition) is 2. The zero-order valence-corrected chi connectivity index (χ0v) is 23.6. The Morgan fingerprint density at radius 1 is 0.514 bits per heavy atom. The third-order valence-corrected chi connectivity index (χ3v) is 7.23. The zero-order valence-electron chi connectivity index (χ0n) is 23.6. The molecule has 0 spiro atoms. The Labute approximate surface area is 223 Å². The van der Waals surface area contributed by atoms with Crippen LogP contribution in [0.15, 0.2) is 85.0 Å². The summed E-state index contributed by atoms with van der Waals surface area (Å²) in [6.45, 7) is 17.8. The molecule has 0 saturated carbocycles. The van der Waals surface area contributed by atoms with Gasteiger partial charge in [0.05, 0.1) is 11.4 Å². The normalized spacial score (nSPS) is 13.7. The molecule has 0 unspecified atom stereocenters. The van der Waals surface area contributed by atoms with Gasteiger partial charge < -0.3 is 0 Å². The van der Waals surface area contributed by atoms with E-state index in [4.69, 9.17) is 0 Å². The van der Waals surface area contributed by atoms with E-state index in [1.807, 2.05) is 30.3 Å². The van der Waals surface area contributed by atoms with Crippen LogP contribution in [-0.4, -0.2) is 0 Å². The molecule has 0 atom stereocenters. The van der Waals surface area contributed by atoms with Crippen LogP contribution in [0.2, 0.25) is 0 Å². The van der Waals surface area contributed by atoms with Crippen LogP contribution < -0.4 is 9.80 Å². The highest BCUT2D eigenvalue weighted by Gasteiger charge is 2.34. The number of hydrogen-bond donors (Lipinski definition) is 0. The van der Waals surface area contributed by atoms with Crippen LogP contribution in [0, 0.1) is 0 Å². The molecule has 193 valence electrons.